The predicted octanol–water partition coefficient (Wildman–Crippen LogP) is 3.70. The van der Waals surface area contributed by atoms with E-state index in [1.54, 1.807) is 31.2 Å². The maximum absolute atomic E-state index is 13.8. The molecule has 0 radical (unpaired) electrons. The molecule has 0 spiro atoms. The van der Waals surface area contributed by atoms with E-state index in [1.807, 2.05) is 0 Å². The van der Waals surface area contributed by atoms with Crippen molar-refractivity contribution in [2.24, 2.45) is 0 Å². The topological polar surface area (TPSA) is 46.6 Å². The van der Waals surface area contributed by atoms with Gasteiger partial charge in [0.2, 0.25) is 0 Å². The van der Waals surface area contributed by atoms with Crippen molar-refractivity contribution in [3.63, 3.8) is 0 Å². The van der Waals surface area contributed by atoms with Crippen LogP contribution in [0.25, 0.3) is 0 Å². The van der Waals surface area contributed by atoms with Crippen LogP contribution in [0.4, 0.5) is 10.1 Å². The summed E-state index contributed by atoms with van der Waals surface area (Å²) in [7, 11) is -2.61. The minimum atomic E-state index is -3.92. The highest BCUT2D eigenvalue weighted by atomic mass is 35.5. The molecule has 0 saturated carbocycles. The number of ether oxygens (including phenoxy) is 1. The maximum Gasteiger partial charge on any atom is 0.264 e. The van der Waals surface area contributed by atoms with Gasteiger partial charge in [0.1, 0.15) is 0 Å². The largest absolute Gasteiger partial charge is 0.494 e. The molecule has 2 rings (SSSR count). The standard InChI is InChI=1S/C15H15ClFNO3S/c1-3-18(14-7-5-4-6-12(14)16)22(19,20)11-8-9-15(21-2)13(17)10-11/h4-10H,3H2,1-2H3. The van der Waals surface area contributed by atoms with Gasteiger partial charge in [0.25, 0.3) is 10.0 Å². The number of anilines is 1. The molecule has 0 aliphatic carbocycles. The van der Waals surface area contributed by atoms with Crippen LogP contribution in [-0.2, 0) is 10.0 Å². The minimum absolute atomic E-state index is 0.0141. The molecule has 0 atom stereocenters. The van der Waals surface area contributed by atoms with Crippen molar-refractivity contribution in [1.82, 2.24) is 0 Å². The van der Waals surface area contributed by atoms with Crippen LogP contribution in [0, 0.1) is 5.82 Å². The van der Waals surface area contributed by atoms with Crippen molar-refractivity contribution in [2.45, 2.75) is 11.8 Å². The Kier molecular flexibility index (Phi) is 4.93. The number of para-hydroxylation sites is 1. The lowest BCUT2D eigenvalue weighted by Gasteiger charge is -2.24. The molecule has 0 amide bonds. The van der Waals surface area contributed by atoms with Crippen LogP contribution in [0.15, 0.2) is 47.4 Å². The molecule has 118 valence electrons. The average Bonchev–Trinajstić information content (AvgIpc) is 2.49. The number of nitrogens with zero attached hydrogens (tertiary/aromatic N) is 1. The van der Waals surface area contributed by atoms with Gasteiger partial charge < -0.3 is 4.74 Å². The number of halogens is 2. The van der Waals surface area contributed by atoms with Gasteiger partial charge in [0.15, 0.2) is 11.6 Å². The normalized spacial score (nSPS) is 11.3. The fraction of sp³-hybridized carbons (Fsp3) is 0.200. The van der Waals surface area contributed by atoms with E-state index in [1.165, 1.54) is 19.2 Å². The SMILES string of the molecule is CCN(c1ccccc1Cl)S(=O)(=O)c1ccc(OC)c(F)c1. The molecule has 0 aliphatic heterocycles. The number of hydrogen-bond donors (Lipinski definition) is 0. The molecule has 0 fully saturated rings. The van der Waals surface area contributed by atoms with Crippen molar-refractivity contribution >= 4 is 27.3 Å². The van der Waals surface area contributed by atoms with E-state index < -0.39 is 15.8 Å². The second-order valence-electron chi connectivity index (χ2n) is 4.42. The summed E-state index contributed by atoms with van der Waals surface area (Å²) in [6.45, 7) is 1.85. The molecule has 0 aliphatic rings. The maximum atomic E-state index is 13.8. The third kappa shape index (κ3) is 3.03. The van der Waals surface area contributed by atoms with Crippen molar-refractivity contribution in [2.75, 3.05) is 18.0 Å². The Morgan fingerprint density at radius 3 is 2.45 bits per heavy atom. The van der Waals surface area contributed by atoms with E-state index in [0.717, 1.165) is 10.4 Å². The van der Waals surface area contributed by atoms with Crippen LogP contribution in [0.2, 0.25) is 5.02 Å². The molecule has 0 N–H and O–H groups in total. The lowest BCUT2D eigenvalue weighted by molar-refractivity contribution is 0.385. The Morgan fingerprint density at radius 2 is 1.91 bits per heavy atom. The molecule has 7 heteroatoms. The van der Waals surface area contributed by atoms with Crippen molar-refractivity contribution in [3.05, 3.63) is 53.3 Å². The van der Waals surface area contributed by atoms with Crippen LogP contribution in [-0.4, -0.2) is 22.1 Å². The predicted molar refractivity (Wildman–Crippen MR) is 84.6 cm³/mol. The molecule has 4 nitrogen and oxygen atoms in total. The smallest absolute Gasteiger partial charge is 0.264 e. The summed E-state index contributed by atoms with van der Waals surface area (Å²) < 4.78 is 45.2. The molecule has 2 aromatic carbocycles. The van der Waals surface area contributed by atoms with Crippen molar-refractivity contribution in [1.29, 1.82) is 0 Å². The highest BCUT2D eigenvalue weighted by molar-refractivity contribution is 7.92. The highest BCUT2D eigenvalue weighted by Gasteiger charge is 2.26. The zero-order valence-electron chi connectivity index (χ0n) is 12.1. The van der Waals surface area contributed by atoms with E-state index in [9.17, 15) is 12.8 Å². The minimum Gasteiger partial charge on any atom is -0.494 e. The summed E-state index contributed by atoms with van der Waals surface area (Å²) in [6.07, 6.45) is 0. The third-order valence-electron chi connectivity index (χ3n) is 3.12. The van der Waals surface area contributed by atoms with Crippen LogP contribution in [0.3, 0.4) is 0 Å². The summed E-state index contributed by atoms with van der Waals surface area (Å²) in [4.78, 5) is -0.160. The Labute approximate surface area is 134 Å². The quantitative estimate of drug-likeness (QED) is 0.831. The first-order valence-corrected chi connectivity index (χ1v) is 8.34. The number of sulfonamides is 1. The number of methoxy groups -OCH3 is 1. The van der Waals surface area contributed by atoms with Crippen molar-refractivity contribution < 1.29 is 17.5 Å². The molecule has 0 heterocycles. The first-order valence-electron chi connectivity index (χ1n) is 6.52. The lowest BCUT2D eigenvalue weighted by Crippen LogP contribution is -2.31. The molecule has 2 aromatic rings. The fourth-order valence-corrected chi connectivity index (χ4v) is 3.85. The molecule has 0 bridgehead atoms. The zero-order chi connectivity index (χ0) is 16.3. The molecular formula is C15H15ClFNO3S. The summed E-state index contributed by atoms with van der Waals surface area (Å²) in [6, 6.07) is 10.1. The summed E-state index contributed by atoms with van der Waals surface area (Å²) in [5.74, 6) is -0.751. The van der Waals surface area contributed by atoms with Gasteiger partial charge >= 0.3 is 0 Å². The van der Waals surface area contributed by atoms with E-state index in [-0.39, 0.29) is 17.2 Å². The third-order valence-corrected chi connectivity index (χ3v) is 5.32. The van der Waals surface area contributed by atoms with Gasteiger partial charge in [-0.3, -0.25) is 4.31 Å². The first kappa shape index (κ1) is 16.6. The Bertz CT molecular complexity index is 780. The Balaban J connectivity index is 2.52. The fourth-order valence-electron chi connectivity index (χ4n) is 2.06. The first-order chi connectivity index (χ1) is 10.4. The van der Waals surface area contributed by atoms with E-state index >= 15 is 0 Å². The Hall–Kier alpha value is -1.79. The summed E-state index contributed by atoms with van der Waals surface area (Å²) in [5, 5.41) is 0.307. The lowest BCUT2D eigenvalue weighted by atomic mass is 10.3. The van der Waals surface area contributed by atoms with Crippen LogP contribution >= 0.6 is 11.6 Å². The van der Waals surface area contributed by atoms with Crippen LogP contribution < -0.4 is 9.04 Å². The zero-order valence-corrected chi connectivity index (χ0v) is 13.7. The van der Waals surface area contributed by atoms with Crippen molar-refractivity contribution in [3.8, 4) is 5.75 Å². The molecule has 0 aromatic heterocycles. The van der Waals surface area contributed by atoms with Gasteiger partial charge in [0.05, 0.1) is 22.7 Å². The van der Waals surface area contributed by atoms with Gasteiger partial charge in [-0.25, -0.2) is 12.8 Å². The van der Waals surface area contributed by atoms with Crippen LogP contribution in [0.5, 0.6) is 5.75 Å². The van der Waals surface area contributed by atoms with E-state index in [4.69, 9.17) is 16.3 Å². The van der Waals surface area contributed by atoms with Gasteiger partial charge in [-0.1, -0.05) is 23.7 Å². The van der Waals surface area contributed by atoms with Gasteiger partial charge in [-0.15, -0.1) is 0 Å². The number of rotatable bonds is 5. The number of benzene rings is 2. The van der Waals surface area contributed by atoms with E-state index in [2.05, 4.69) is 0 Å². The average molecular weight is 344 g/mol. The molecule has 22 heavy (non-hydrogen) atoms. The monoisotopic (exact) mass is 343 g/mol. The van der Waals surface area contributed by atoms with Gasteiger partial charge in [-0.05, 0) is 37.3 Å². The van der Waals surface area contributed by atoms with E-state index in [0.29, 0.717) is 10.7 Å². The van der Waals surface area contributed by atoms with Gasteiger partial charge in [0, 0.05) is 6.54 Å². The molecule has 0 unspecified atom stereocenters. The molecular weight excluding hydrogens is 329 g/mol. The highest BCUT2D eigenvalue weighted by Crippen LogP contribution is 2.31. The summed E-state index contributed by atoms with van der Waals surface area (Å²) >= 11 is 6.07. The number of hydrogen-bond acceptors (Lipinski definition) is 3. The van der Waals surface area contributed by atoms with Gasteiger partial charge in [-0.2, -0.15) is 0 Å². The second-order valence-corrected chi connectivity index (χ2v) is 6.69. The summed E-state index contributed by atoms with van der Waals surface area (Å²) in [5.41, 5.74) is 0.350. The second kappa shape index (κ2) is 6.54. The van der Waals surface area contributed by atoms with Crippen LogP contribution in [0.1, 0.15) is 6.92 Å². The Morgan fingerprint density at radius 1 is 1.23 bits per heavy atom. The molecule has 0 saturated heterocycles.